The van der Waals surface area contributed by atoms with Gasteiger partial charge in [0.2, 0.25) is 0 Å². The normalized spacial score (nSPS) is 12.2. The van der Waals surface area contributed by atoms with Crippen LogP contribution in [0.3, 0.4) is 0 Å². The molecule has 1 aromatic carbocycles. The second kappa shape index (κ2) is 7.50. The van der Waals surface area contributed by atoms with Crippen LogP contribution in [0.1, 0.15) is 22.3 Å². The van der Waals surface area contributed by atoms with Crippen molar-refractivity contribution in [3.05, 3.63) is 23.3 Å². The molecule has 0 fully saturated rings. The van der Waals surface area contributed by atoms with E-state index in [1.165, 1.54) is 0 Å². The molecule has 1 aliphatic heterocycles. The zero-order chi connectivity index (χ0) is 15.1. The highest BCUT2D eigenvalue weighted by atomic mass is 16.5. The predicted molar refractivity (Wildman–Crippen MR) is 73.5 cm³/mol. The minimum atomic E-state index is -0.559. The molecule has 0 amide bonds. The van der Waals surface area contributed by atoms with Crippen LogP contribution in [0.15, 0.2) is 12.1 Å². The Balaban J connectivity index is 2.13. The molecule has 1 aliphatic rings. The Morgan fingerprint density at radius 2 is 2.29 bits per heavy atom. The van der Waals surface area contributed by atoms with Crippen molar-refractivity contribution in [2.45, 2.75) is 12.8 Å². The summed E-state index contributed by atoms with van der Waals surface area (Å²) < 4.78 is 21.0. The fourth-order valence-electron chi connectivity index (χ4n) is 2.07. The van der Waals surface area contributed by atoms with Crippen LogP contribution in [0.4, 0.5) is 0 Å². The van der Waals surface area contributed by atoms with Crippen molar-refractivity contribution in [2.75, 3.05) is 33.5 Å². The SMILES string of the molecule is COCCCOc1cc(C(=O)OCC#N)cc2c1CCO2. The van der Waals surface area contributed by atoms with Gasteiger partial charge in [0.25, 0.3) is 0 Å². The molecule has 1 heterocycles. The second-order valence-corrected chi connectivity index (χ2v) is 4.48. The van der Waals surface area contributed by atoms with Crippen LogP contribution in [0.25, 0.3) is 0 Å². The first-order valence-electron chi connectivity index (χ1n) is 6.71. The van der Waals surface area contributed by atoms with E-state index in [9.17, 15) is 4.79 Å². The number of rotatable bonds is 7. The summed E-state index contributed by atoms with van der Waals surface area (Å²) in [5.74, 6) is 0.713. The molecule has 6 heteroatoms. The summed E-state index contributed by atoms with van der Waals surface area (Å²) in [5, 5.41) is 8.45. The van der Waals surface area contributed by atoms with Crippen molar-refractivity contribution in [1.82, 2.24) is 0 Å². The van der Waals surface area contributed by atoms with Gasteiger partial charge in [-0.2, -0.15) is 5.26 Å². The summed E-state index contributed by atoms with van der Waals surface area (Å²) in [6.45, 7) is 1.40. The van der Waals surface area contributed by atoms with Gasteiger partial charge in [-0.05, 0) is 12.1 Å². The topological polar surface area (TPSA) is 77.8 Å². The van der Waals surface area contributed by atoms with Crippen molar-refractivity contribution in [3.8, 4) is 17.6 Å². The summed E-state index contributed by atoms with van der Waals surface area (Å²) in [6.07, 6.45) is 1.51. The number of methoxy groups -OCH3 is 1. The fourth-order valence-corrected chi connectivity index (χ4v) is 2.07. The van der Waals surface area contributed by atoms with E-state index in [-0.39, 0.29) is 6.61 Å². The monoisotopic (exact) mass is 291 g/mol. The maximum absolute atomic E-state index is 11.8. The van der Waals surface area contributed by atoms with Crippen LogP contribution in [-0.4, -0.2) is 39.5 Å². The first-order valence-corrected chi connectivity index (χ1v) is 6.71. The number of fused-ring (bicyclic) bond motifs is 1. The number of carbonyl (C=O) groups is 1. The van der Waals surface area contributed by atoms with Crippen LogP contribution < -0.4 is 9.47 Å². The van der Waals surface area contributed by atoms with Crippen molar-refractivity contribution in [2.24, 2.45) is 0 Å². The van der Waals surface area contributed by atoms with Gasteiger partial charge in [0, 0.05) is 32.1 Å². The Morgan fingerprint density at radius 3 is 3.05 bits per heavy atom. The molecular formula is C15H17NO5. The van der Waals surface area contributed by atoms with Gasteiger partial charge in [-0.25, -0.2) is 4.79 Å². The number of nitriles is 1. The molecule has 0 atom stereocenters. The smallest absolute Gasteiger partial charge is 0.339 e. The molecule has 0 saturated carbocycles. The highest BCUT2D eigenvalue weighted by Crippen LogP contribution is 2.35. The molecular weight excluding hydrogens is 274 g/mol. The van der Waals surface area contributed by atoms with Crippen LogP contribution in [0, 0.1) is 11.3 Å². The Kier molecular flexibility index (Phi) is 5.41. The fraction of sp³-hybridized carbons (Fsp3) is 0.467. The van der Waals surface area contributed by atoms with Gasteiger partial charge >= 0.3 is 5.97 Å². The number of esters is 1. The van der Waals surface area contributed by atoms with Crippen LogP contribution in [0.2, 0.25) is 0 Å². The van der Waals surface area contributed by atoms with Crippen molar-refractivity contribution < 1.29 is 23.7 Å². The highest BCUT2D eigenvalue weighted by Gasteiger charge is 2.21. The average molecular weight is 291 g/mol. The lowest BCUT2D eigenvalue weighted by Gasteiger charge is -2.11. The van der Waals surface area contributed by atoms with Gasteiger partial charge in [0.05, 0.1) is 18.8 Å². The third-order valence-corrected chi connectivity index (χ3v) is 3.03. The third-order valence-electron chi connectivity index (χ3n) is 3.03. The number of ether oxygens (including phenoxy) is 4. The van der Waals surface area contributed by atoms with E-state index in [1.807, 2.05) is 0 Å². The lowest BCUT2D eigenvalue weighted by molar-refractivity contribution is 0.0554. The molecule has 0 aromatic heterocycles. The van der Waals surface area contributed by atoms with E-state index in [1.54, 1.807) is 25.3 Å². The number of carbonyl (C=O) groups excluding carboxylic acids is 1. The van der Waals surface area contributed by atoms with E-state index in [0.717, 1.165) is 18.4 Å². The van der Waals surface area contributed by atoms with Gasteiger partial charge in [-0.3, -0.25) is 0 Å². The van der Waals surface area contributed by atoms with E-state index >= 15 is 0 Å². The maximum Gasteiger partial charge on any atom is 0.339 e. The molecule has 2 rings (SSSR count). The van der Waals surface area contributed by atoms with Gasteiger partial charge in [0.15, 0.2) is 6.61 Å². The Hall–Kier alpha value is -2.26. The van der Waals surface area contributed by atoms with Crippen molar-refractivity contribution in [1.29, 1.82) is 5.26 Å². The van der Waals surface area contributed by atoms with Crippen LogP contribution in [0.5, 0.6) is 11.5 Å². The minimum Gasteiger partial charge on any atom is -0.493 e. The minimum absolute atomic E-state index is 0.277. The number of hydrogen-bond acceptors (Lipinski definition) is 6. The van der Waals surface area contributed by atoms with Gasteiger partial charge in [-0.15, -0.1) is 0 Å². The first kappa shape index (κ1) is 15.1. The Bertz CT molecular complexity index is 550. The molecule has 0 aliphatic carbocycles. The molecule has 0 radical (unpaired) electrons. The predicted octanol–water partition coefficient (Wildman–Crippen LogP) is 1.72. The van der Waals surface area contributed by atoms with Crippen molar-refractivity contribution in [3.63, 3.8) is 0 Å². The number of nitrogens with zero attached hydrogens (tertiary/aromatic N) is 1. The van der Waals surface area contributed by atoms with Gasteiger partial charge < -0.3 is 18.9 Å². The summed E-state index contributed by atoms with van der Waals surface area (Å²) >= 11 is 0. The standard InChI is InChI=1S/C15H17NO5/c1-18-5-2-6-19-13-9-11(15(17)21-8-4-16)10-14-12(13)3-7-20-14/h9-10H,2-3,5-8H2,1H3. The van der Waals surface area contributed by atoms with Crippen LogP contribution >= 0.6 is 0 Å². The first-order chi connectivity index (χ1) is 10.3. The largest absolute Gasteiger partial charge is 0.493 e. The highest BCUT2D eigenvalue weighted by molar-refractivity contribution is 5.91. The summed E-state index contributed by atoms with van der Waals surface area (Å²) in [6, 6.07) is 5.03. The molecule has 0 unspecified atom stereocenters. The average Bonchev–Trinajstić information content (AvgIpc) is 2.97. The summed E-state index contributed by atoms with van der Waals surface area (Å²) in [5.41, 5.74) is 1.29. The molecule has 21 heavy (non-hydrogen) atoms. The quantitative estimate of drug-likeness (QED) is 0.562. The summed E-state index contributed by atoms with van der Waals surface area (Å²) in [4.78, 5) is 11.8. The maximum atomic E-state index is 11.8. The van der Waals surface area contributed by atoms with E-state index in [0.29, 0.717) is 36.9 Å². The van der Waals surface area contributed by atoms with E-state index in [2.05, 4.69) is 0 Å². The zero-order valence-corrected chi connectivity index (χ0v) is 11.9. The lowest BCUT2D eigenvalue weighted by Crippen LogP contribution is -2.08. The molecule has 1 aromatic rings. The third kappa shape index (κ3) is 3.86. The van der Waals surface area contributed by atoms with Gasteiger partial charge in [0.1, 0.15) is 17.6 Å². The zero-order valence-electron chi connectivity index (χ0n) is 11.9. The molecule has 6 nitrogen and oxygen atoms in total. The summed E-state index contributed by atoms with van der Waals surface area (Å²) in [7, 11) is 1.64. The Morgan fingerprint density at radius 1 is 1.43 bits per heavy atom. The number of benzene rings is 1. The van der Waals surface area contributed by atoms with Crippen molar-refractivity contribution >= 4 is 5.97 Å². The molecule has 0 spiro atoms. The molecule has 0 saturated heterocycles. The lowest BCUT2D eigenvalue weighted by atomic mass is 10.1. The van der Waals surface area contributed by atoms with E-state index in [4.69, 9.17) is 24.2 Å². The Labute approximate surface area is 123 Å². The second-order valence-electron chi connectivity index (χ2n) is 4.48. The molecule has 112 valence electrons. The number of hydrogen-bond donors (Lipinski definition) is 0. The molecule has 0 N–H and O–H groups in total. The van der Waals surface area contributed by atoms with Crippen LogP contribution in [-0.2, 0) is 15.9 Å². The van der Waals surface area contributed by atoms with Gasteiger partial charge in [-0.1, -0.05) is 0 Å². The molecule has 0 bridgehead atoms. The van der Waals surface area contributed by atoms with E-state index < -0.39 is 5.97 Å².